The summed E-state index contributed by atoms with van der Waals surface area (Å²) in [5.41, 5.74) is 6.92. The smallest absolute Gasteiger partial charge is 0.258 e. The largest absolute Gasteiger partial charge is 0.494 e. The van der Waals surface area contributed by atoms with Crippen molar-refractivity contribution in [1.82, 2.24) is 4.90 Å². The Bertz CT molecular complexity index is 518. The summed E-state index contributed by atoms with van der Waals surface area (Å²) in [4.78, 5) is 14.7. The van der Waals surface area contributed by atoms with Crippen LogP contribution in [0, 0.1) is 0 Å². The maximum Gasteiger partial charge on any atom is 0.258 e. The minimum atomic E-state index is -0.00523. The van der Waals surface area contributed by atoms with E-state index in [-0.39, 0.29) is 18.1 Å². The van der Waals surface area contributed by atoms with Crippen LogP contribution in [0.5, 0.6) is 5.75 Å². The molecule has 1 aliphatic carbocycles. The maximum atomic E-state index is 12.8. The second kappa shape index (κ2) is 5.32. The molecule has 20 heavy (non-hydrogen) atoms. The van der Waals surface area contributed by atoms with Gasteiger partial charge in [-0.1, -0.05) is 6.07 Å². The lowest BCUT2D eigenvalue weighted by atomic mass is 10.1. The topological polar surface area (TPSA) is 64.8 Å². The van der Waals surface area contributed by atoms with Gasteiger partial charge < -0.3 is 20.1 Å². The Labute approximate surface area is 118 Å². The van der Waals surface area contributed by atoms with Crippen LogP contribution in [0.4, 0.5) is 5.69 Å². The van der Waals surface area contributed by atoms with E-state index in [2.05, 4.69) is 0 Å². The van der Waals surface area contributed by atoms with Crippen molar-refractivity contribution in [2.45, 2.75) is 31.4 Å². The minimum absolute atomic E-state index is 0.00523. The Morgan fingerprint density at radius 3 is 3.10 bits per heavy atom. The Morgan fingerprint density at radius 1 is 1.45 bits per heavy atom. The van der Waals surface area contributed by atoms with Gasteiger partial charge in [0.2, 0.25) is 0 Å². The molecule has 1 aromatic carbocycles. The van der Waals surface area contributed by atoms with Gasteiger partial charge in [-0.05, 0) is 31.4 Å². The highest BCUT2D eigenvalue weighted by Gasteiger charge is 2.39. The molecule has 5 heteroatoms. The number of nitrogen functional groups attached to an aromatic ring is 1. The number of nitrogens with two attached hydrogens (primary N) is 1. The minimum Gasteiger partial charge on any atom is -0.494 e. The third-order valence-corrected chi connectivity index (χ3v) is 4.22. The quantitative estimate of drug-likeness (QED) is 0.835. The molecular formula is C15H20N2O3. The van der Waals surface area contributed by atoms with Gasteiger partial charge in [0.15, 0.2) is 5.75 Å². The van der Waals surface area contributed by atoms with Crippen LogP contribution >= 0.6 is 0 Å². The van der Waals surface area contributed by atoms with Crippen LogP contribution in [-0.4, -0.2) is 43.2 Å². The van der Waals surface area contributed by atoms with Gasteiger partial charge in [-0.2, -0.15) is 0 Å². The number of benzene rings is 1. The number of nitrogens with zero attached hydrogens (tertiary/aromatic N) is 1. The van der Waals surface area contributed by atoms with Crippen molar-refractivity contribution in [1.29, 1.82) is 0 Å². The monoisotopic (exact) mass is 276 g/mol. The van der Waals surface area contributed by atoms with E-state index in [1.807, 2.05) is 4.90 Å². The van der Waals surface area contributed by atoms with E-state index >= 15 is 0 Å². The Kier molecular flexibility index (Phi) is 3.53. The highest BCUT2D eigenvalue weighted by Crippen LogP contribution is 2.33. The van der Waals surface area contributed by atoms with Crippen molar-refractivity contribution in [2.75, 3.05) is 26.0 Å². The van der Waals surface area contributed by atoms with Crippen LogP contribution in [0.1, 0.15) is 29.6 Å². The summed E-state index contributed by atoms with van der Waals surface area (Å²) < 4.78 is 11.0. The molecule has 1 aromatic rings. The third-order valence-electron chi connectivity index (χ3n) is 4.22. The van der Waals surface area contributed by atoms with Crippen LogP contribution in [0.2, 0.25) is 0 Å². The SMILES string of the molecule is COc1c(N)cccc1C(=O)N1CCOC2CCCC21. The van der Waals surface area contributed by atoms with E-state index in [9.17, 15) is 4.79 Å². The number of para-hydroxylation sites is 1. The Hall–Kier alpha value is -1.75. The van der Waals surface area contributed by atoms with Gasteiger partial charge >= 0.3 is 0 Å². The summed E-state index contributed by atoms with van der Waals surface area (Å²) in [6.45, 7) is 1.25. The lowest BCUT2D eigenvalue weighted by Gasteiger charge is -2.38. The molecule has 1 saturated carbocycles. The van der Waals surface area contributed by atoms with E-state index in [1.54, 1.807) is 25.3 Å². The lowest BCUT2D eigenvalue weighted by Crippen LogP contribution is -2.51. The van der Waals surface area contributed by atoms with Crippen molar-refractivity contribution in [3.63, 3.8) is 0 Å². The number of ether oxygens (including phenoxy) is 2. The fraction of sp³-hybridized carbons (Fsp3) is 0.533. The number of carbonyl (C=O) groups excluding carboxylic acids is 1. The average Bonchev–Trinajstić information content (AvgIpc) is 2.94. The second-order valence-corrected chi connectivity index (χ2v) is 5.33. The van der Waals surface area contributed by atoms with Gasteiger partial charge in [-0.3, -0.25) is 4.79 Å². The number of amides is 1. The van der Waals surface area contributed by atoms with Gasteiger partial charge in [0, 0.05) is 6.54 Å². The molecule has 2 fully saturated rings. The molecule has 1 aliphatic heterocycles. The first-order valence-electron chi connectivity index (χ1n) is 7.07. The van der Waals surface area contributed by atoms with E-state index in [4.69, 9.17) is 15.2 Å². The van der Waals surface area contributed by atoms with Crippen molar-refractivity contribution in [3.05, 3.63) is 23.8 Å². The molecule has 5 nitrogen and oxygen atoms in total. The van der Waals surface area contributed by atoms with Gasteiger partial charge in [0.05, 0.1) is 37.1 Å². The van der Waals surface area contributed by atoms with Gasteiger partial charge in [-0.15, -0.1) is 0 Å². The summed E-state index contributed by atoms with van der Waals surface area (Å²) in [5.74, 6) is 0.466. The number of methoxy groups -OCH3 is 1. The first-order chi connectivity index (χ1) is 9.72. The highest BCUT2D eigenvalue weighted by atomic mass is 16.5. The standard InChI is InChI=1S/C15H20N2O3/c1-19-14-10(4-2-5-11(14)16)15(18)17-8-9-20-13-7-3-6-12(13)17/h2,4-5,12-13H,3,6-9,16H2,1H3. The predicted octanol–water partition coefficient (Wildman–Crippen LogP) is 1.67. The number of fused-ring (bicyclic) bond motifs is 1. The molecular weight excluding hydrogens is 256 g/mol. The summed E-state index contributed by atoms with van der Waals surface area (Å²) in [6.07, 6.45) is 3.37. The number of carbonyl (C=O) groups is 1. The molecule has 108 valence electrons. The Balaban J connectivity index is 1.90. The molecule has 1 heterocycles. The normalized spacial score (nSPS) is 25.4. The Morgan fingerprint density at radius 2 is 2.30 bits per heavy atom. The first kappa shape index (κ1) is 13.2. The maximum absolute atomic E-state index is 12.8. The van der Waals surface area contributed by atoms with Crippen molar-refractivity contribution < 1.29 is 14.3 Å². The fourth-order valence-electron chi connectivity index (χ4n) is 3.28. The number of hydrogen-bond acceptors (Lipinski definition) is 4. The third kappa shape index (κ3) is 2.12. The second-order valence-electron chi connectivity index (χ2n) is 5.33. The molecule has 0 aromatic heterocycles. The molecule has 2 aliphatic rings. The van der Waals surface area contributed by atoms with E-state index < -0.39 is 0 Å². The van der Waals surface area contributed by atoms with Gasteiger partial charge in [0.25, 0.3) is 5.91 Å². The molecule has 2 unspecified atom stereocenters. The van der Waals surface area contributed by atoms with Crippen LogP contribution in [0.3, 0.4) is 0 Å². The summed E-state index contributed by atoms with van der Waals surface area (Å²) in [7, 11) is 1.54. The fourth-order valence-corrected chi connectivity index (χ4v) is 3.28. The molecule has 2 atom stereocenters. The molecule has 0 bridgehead atoms. The van der Waals surface area contributed by atoms with Crippen molar-refractivity contribution in [2.24, 2.45) is 0 Å². The van der Waals surface area contributed by atoms with Crippen molar-refractivity contribution in [3.8, 4) is 5.75 Å². The summed E-state index contributed by atoms with van der Waals surface area (Å²) in [5, 5.41) is 0. The van der Waals surface area contributed by atoms with Crippen LogP contribution in [0.25, 0.3) is 0 Å². The number of anilines is 1. The number of morpholine rings is 1. The van der Waals surface area contributed by atoms with Crippen LogP contribution < -0.4 is 10.5 Å². The van der Waals surface area contributed by atoms with E-state index in [1.165, 1.54) is 0 Å². The van der Waals surface area contributed by atoms with Crippen LogP contribution in [0.15, 0.2) is 18.2 Å². The van der Waals surface area contributed by atoms with E-state index in [0.29, 0.717) is 30.2 Å². The lowest BCUT2D eigenvalue weighted by molar-refractivity contribution is -0.0446. The van der Waals surface area contributed by atoms with Gasteiger partial charge in [0.1, 0.15) is 0 Å². The zero-order valence-corrected chi connectivity index (χ0v) is 11.7. The molecule has 0 spiro atoms. The molecule has 1 saturated heterocycles. The number of rotatable bonds is 2. The summed E-state index contributed by atoms with van der Waals surface area (Å²) >= 11 is 0. The van der Waals surface area contributed by atoms with Gasteiger partial charge in [-0.25, -0.2) is 0 Å². The molecule has 0 radical (unpaired) electrons. The zero-order chi connectivity index (χ0) is 14.1. The zero-order valence-electron chi connectivity index (χ0n) is 11.7. The van der Waals surface area contributed by atoms with E-state index in [0.717, 1.165) is 19.3 Å². The first-order valence-corrected chi connectivity index (χ1v) is 7.07. The van der Waals surface area contributed by atoms with Crippen LogP contribution in [-0.2, 0) is 4.74 Å². The molecule has 1 amide bonds. The summed E-state index contributed by atoms with van der Waals surface area (Å²) in [6, 6.07) is 5.50. The average molecular weight is 276 g/mol. The molecule has 3 rings (SSSR count). The van der Waals surface area contributed by atoms with Crippen molar-refractivity contribution >= 4 is 11.6 Å². The highest BCUT2D eigenvalue weighted by molar-refractivity contribution is 5.99. The predicted molar refractivity (Wildman–Crippen MR) is 75.8 cm³/mol. The molecule has 2 N–H and O–H groups in total. The number of hydrogen-bond donors (Lipinski definition) is 1.